The fourth-order valence-corrected chi connectivity index (χ4v) is 14.8. The molecule has 0 unspecified atom stereocenters. The molecule has 4 saturated heterocycles. The van der Waals surface area contributed by atoms with Gasteiger partial charge in [0.2, 0.25) is 0 Å². The maximum absolute atomic E-state index is 7.56. The van der Waals surface area contributed by atoms with E-state index < -0.39 is 30.7 Å². The summed E-state index contributed by atoms with van der Waals surface area (Å²) in [6.07, 6.45) is 9.28. The van der Waals surface area contributed by atoms with E-state index in [-0.39, 0.29) is 59.8 Å². The molecule has 5 heterocycles. The van der Waals surface area contributed by atoms with Gasteiger partial charge in [0.15, 0.2) is 8.32 Å². The van der Waals surface area contributed by atoms with Crippen LogP contribution in [-0.4, -0.2) is 92.8 Å². The molecule has 10 nitrogen and oxygen atoms in total. The van der Waals surface area contributed by atoms with E-state index in [0.29, 0.717) is 58.2 Å². The summed E-state index contributed by atoms with van der Waals surface area (Å²) in [6.45, 7) is 24.0. The number of benzene rings is 4. The van der Waals surface area contributed by atoms with Crippen LogP contribution in [0.2, 0.25) is 18.1 Å². The third kappa shape index (κ3) is 13.2. The fourth-order valence-electron chi connectivity index (χ4n) is 13.4. The molecule has 0 N–H and O–H groups in total. The maximum Gasteiger partial charge on any atom is 0.192 e. The molecule has 0 amide bonds. The summed E-state index contributed by atoms with van der Waals surface area (Å²) in [5, 5.41) is 0.00658. The molecular formula is C66H90O10Si. The van der Waals surface area contributed by atoms with Crippen molar-refractivity contribution in [3.05, 3.63) is 155 Å². The number of hydrogen-bond donors (Lipinski definition) is 0. The van der Waals surface area contributed by atoms with Crippen LogP contribution in [-0.2, 0) is 73.5 Å². The van der Waals surface area contributed by atoms with Crippen LogP contribution >= 0.6 is 0 Å². The van der Waals surface area contributed by atoms with Gasteiger partial charge in [-0.2, -0.15) is 0 Å². The van der Waals surface area contributed by atoms with Crippen LogP contribution in [0.4, 0.5) is 0 Å². The summed E-state index contributed by atoms with van der Waals surface area (Å²) < 4.78 is 70.7. The summed E-state index contributed by atoms with van der Waals surface area (Å²) >= 11 is 0. The SMILES string of the molecule is CC(C)(C)[Si](C)(C)O[C@H]1C[C@@H]2O[C@@H]3C[C@H](OCc4ccccc4)[C@@H](COCc4ccccc4)O[C@@]3(C)C[C@@]2(C)O[C@H]1CC1=CC[C@@]2(C)O[C@]3(C)[C@@H](C[C@@H](CCCOCc4ccccc4)C[C@@H]3OCc3ccccc3)C[C@H]2O1. The van der Waals surface area contributed by atoms with Gasteiger partial charge < -0.3 is 47.1 Å². The zero-order valence-corrected chi connectivity index (χ0v) is 48.8. The lowest BCUT2D eigenvalue weighted by molar-refractivity contribution is -0.345. The van der Waals surface area contributed by atoms with E-state index in [4.69, 9.17) is 47.1 Å². The first-order valence-corrected chi connectivity index (χ1v) is 32.1. The molecule has 14 atom stereocenters. The summed E-state index contributed by atoms with van der Waals surface area (Å²) in [5.41, 5.74) is 2.41. The minimum atomic E-state index is -2.27. The lowest BCUT2D eigenvalue weighted by Crippen LogP contribution is -2.70. The highest BCUT2D eigenvalue weighted by atomic mass is 28.4. The predicted molar refractivity (Wildman–Crippen MR) is 304 cm³/mol. The molecule has 6 aliphatic rings. The lowest BCUT2D eigenvalue weighted by Gasteiger charge is -2.61. The molecule has 0 aromatic heterocycles. The van der Waals surface area contributed by atoms with Crippen molar-refractivity contribution >= 4 is 8.32 Å². The molecule has 0 radical (unpaired) electrons. The molecule has 0 bridgehead atoms. The highest BCUT2D eigenvalue weighted by Gasteiger charge is 2.63. The Morgan fingerprint density at radius 2 is 1.13 bits per heavy atom. The zero-order valence-electron chi connectivity index (χ0n) is 47.8. The second kappa shape index (κ2) is 23.8. The number of hydrogen-bond acceptors (Lipinski definition) is 10. The molecule has 5 fully saturated rings. The van der Waals surface area contributed by atoms with Crippen LogP contribution in [0.5, 0.6) is 0 Å². The average Bonchev–Trinajstić information content (AvgIpc) is 3.39. The molecule has 11 heteroatoms. The second-order valence-corrected chi connectivity index (χ2v) is 30.7. The van der Waals surface area contributed by atoms with Gasteiger partial charge >= 0.3 is 0 Å². The Hall–Kier alpha value is -3.72. The lowest BCUT2D eigenvalue weighted by atomic mass is 9.63. The summed E-state index contributed by atoms with van der Waals surface area (Å²) in [6, 6.07) is 41.7. The van der Waals surface area contributed by atoms with Crippen molar-refractivity contribution < 1.29 is 47.1 Å². The molecular weight excluding hydrogens is 981 g/mol. The largest absolute Gasteiger partial charge is 0.492 e. The van der Waals surface area contributed by atoms with Crippen molar-refractivity contribution in [2.75, 3.05) is 13.2 Å². The molecule has 1 aliphatic carbocycles. The molecule has 0 spiro atoms. The predicted octanol–water partition coefficient (Wildman–Crippen LogP) is 14.0. The normalized spacial score (nSPS) is 35.1. The van der Waals surface area contributed by atoms with Crippen LogP contribution in [0.25, 0.3) is 0 Å². The number of fused-ring (bicyclic) bond motifs is 4. The Morgan fingerprint density at radius 1 is 0.584 bits per heavy atom. The fraction of sp³-hybridized carbons (Fsp3) is 0.606. The third-order valence-corrected chi connectivity index (χ3v) is 23.4. The van der Waals surface area contributed by atoms with Crippen molar-refractivity contribution in [2.45, 2.75) is 228 Å². The first-order chi connectivity index (χ1) is 36.9. The van der Waals surface area contributed by atoms with Gasteiger partial charge in [-0.25, -0.2) is 0 Å². The monoisotopic (exact) mass is 1070 g/mol. The average molecular weight is 1070 g/mol. The van der Waals surface area contributed by atoms with Crippen LogP contribution in [0.1, 0.15) is 135 Å². The van der Waals surface area contributed by atoms with E-state index in [1.54, 1.807) is 0 Å². The van der Waals surface area contributed by atoms with E-state index in [1.807, 2.05) is 24.3 Å². The Kier molecular flexibility index (Phi) is 17.5. The minimum absolute atomic E-state index is 0.00658. The van der Waals surface area contributed by atoms with Crippen LogP contribution < -0.4 is 0 Å². The maximum atomic E-state index is 7.56. The van der Waals surface area contributed by atoms with E-state index >= 15 is 0 Å². The Labute approximate surface area is 462 Å². The second-order valence-electron chi connectivity index (χ2n) is 26.0. The van der Waals surface area contributed by atoms with Gasteiger partial charge in [-0.15, -0.1) is 0 Å². The molecule has 1 saturated carbocycles. The summed E-state index contributed by atoms with van der Waals surface area (Å²) in [5.74, 6) is 1.74. The topological polar surface area (TPSA) is 92.3 Å². The highest BCUT2D eigenvalue weighted by Crippen LogP contribution is 2.55. The first-order valence-electron chi connectivity index (χ1n) is 29.2. The van der Waals surface area contributed by atoms with E-state index in [0.717, 1.165) is 68.4 Å². The quantitative estimate of drug-likeness (QED) is 0.0629. The van der Waals surface area contributed by atoms with Crippen molar-refractivity contribution in [1.82, 2.24) is 0 Å². The molecule has 77 heavy (non-hydrogen) atoms. The van der Waals surface area contributed by atoms with Gasteiger partial charge in [0.1, 0.15) is 17.8 Å². The Morgan fingerprint density at radius 3 is 1.73 bits per heavy atom. The number of rotatable bonds is 20. The van der Waals surface area contributed by atoms with Crippen molar-refractivity contribution in [3.8, 4) is 0 Å². The number of ether oxygens (including phenoxy) is 9. The van der Waals surface area contributed by atoms with Crippen molar-refractivity contribution in [2.24, 2.45) is 11.8 Å². The molecule has 5 aliphatic heterocycles. The van der Waals surface area contributed by atoms with Gasteiger partial charge in [-0.1, -0.05) is 142 Å². The first kappa shape index (κ1) is 56.5. The molecule has 4 aromatic rings. The highest BCUT2D eigenvalue weighted by molar-refractivity contribution is 6.74. The standard InChI is InChI=1S/C66H90O10Si/c1-62(2,3)77(8,9)75-56-40-60-64(5,46-65(6)59(72-60)39-54(69-43-49-27-18-12-19-28-49)57(74-65)45-68-42-48-25-16-11-17-26-48)73-55(56)38-53-32-33-63(4)58(71-53)37-52-35-51(31-22-34-67-41-47-23-14-10-15-24-47)36-61(66(52,7)76-63)70-44-50-29-20-13-21-30-50/h10-21,23-30,32,51-52,54-61H,22,31,33-46H2,1-9H3/t51-,52+,54+,55+,56+,57-,58-,59-,60+,61+,63-,64-,65+,66-/m1/s1. The Balaban J connectivity index is 0.850. The van der Waals surface area contributed by atoms with Gasteiger partial charge in [-0.05, 0) is 118 Å². The van der Waals surface area contributed by atoms with Gasteiger partial charge in [-0.3, -0.25) is 0 Å². The molecule has 418 valence electrons. The van der Waals surface area contributed by atoms with Gasteiger partial charge in [0, 0.05) is 38.7 Å². The zero-order chi connectivity index (χ0) is 53.9. The van der Waals surface area contributed by atoms with Crippen LogP contribution in [0.3, 0.4) is 0 Å². The summed E-state index contributed by atoms with van der Waals surface area (Å²) in [4.78, 5) is 0. The van der Waals surface area contributed by atoms with Crippen molar-refractivity contribution in [1.29, 1.82) is 0 Å². The Bertz CT molecular complexity index is 2520. The van der Waals surface area contributed by atoms with E-state index in [2.05, 4.69) is 165 Å². The molecule has 10 rings (SSSR count). The third-order valence-electron chi connectivity index (χ3n) is 18.9. The summed E-state index contributed by atoms with van der Waals surface area (Å²) in [7, 11) is -2.27. The van der Waals surface area contributed by atoms with E-state index in [1.165, 1.54) is 11.1 Å². The smallest absolute Gasteiger partial charge is 0.192 e. The van der Waals surface area contributed by atoms with Gasteiger partial charge in [0.25, 0.3) is 0 Å². The van der Waals surface area contributed by atoms with Crippen molar-refractivity contribution in [3.63, 3.8) is 0 Å². The van der Waals surface area contributed by atoms with Gasteiger partial charge in [0.05, 0.1) is 92.2 Å². The molecule has 4 aromatic carbocycles. The van der Waals surface area contributed by atoms with Crippen LogP contribution in [0, 0.1) is 11.8 Å². The minimum Gasteiger partial charge on any atom is -0.492 e. The van der Waals surface area contributed by atoms with E-state index in [9.17, 15) is 0 Å². The van der Waals surface area contributed by atoms with Crippen LogP contribution in [0.15, 0.2) is 133 Å².